The van der Waals surface area contributed by atoms with Gasteiger partial charge >= 0.3 is 12.1 Å². The van der Waals surface area contributed by atoms with E-state index in [4.69, 9.17) is 5.11 Å². The van der Waals surface area contributed by atoms with Crippen molar-refractivity contribution in [2.75, 3.05) is 13.1 Å². The number of piperidine rings is 1. The van der Waals surface area contributed by atoms with Crippen LogP contribution in [0.3, 0.4) is 0 Å². The van der Waals surface area contributed by atoms with E-state index in [-0.39, 0.29) is 18.5 Å². The molecule has 1 fully saturated rings. The monoisotopic (exact) mass is 287 g/mol. The highest BCUT2D eigenvalue weighted by Gasteiger charge is 2.41. The summed E-state index contributed by atoms with van der Waals surface area (Å²) in [5, 5.41) is 8.79. The van der Waals surface area contributed by atoms with Crippen molar-refractivity contribution in [3.05, 3.63) is 35.4 Å². The third-order valence-electron chi connectivity index (χ3n) is 3.58. The maximum atomic E-state index is 12.7. The van der Waals surface area contributed by atoms with Gasteiger partial charge in [-0.25, -0.2) is 4.79 Å². The van der Waals surface area contributed by atoms with Crippen LogP contribution in [0.5, 0.6) is 0 Å². The Labute approximate surface area is 115 Å². The second-order valence-electron chi connectivity index (χ2n) is 5.12. The fraction of sp³-hybridized carbons (Fsp3) is 0.500. The van der Waals surface area contributed by atoms with Gasteiger partial charge in [0.1, 0.15) is 0 Å². The first-order valence-corrected chi connectivity index (χ1v) is 6.47. The average Bonchev–Trinajstić information content (AvgIpc) is 2.38. The lowest BCUT2D eigenvalue weighted by atomic mass is 9.97. The van der Waals surface area contributed by atoms with Crippen molar-refractivity contribution < 1.29 is 23.1 Å². The Morgan fingerprint density at radius 2 is 1.95 bits per heavy atom. The van der Waals surface area contributed by atoms with Crippen molar-refractivity contribution in [2.45, 2.75) is 25.6 Å². The van der Waals surface area contributed by atoms with Gasteiger partial charge in [0.05, 0.1) is 11.5 Å². The van der Waals surface area contributed by atoms with Gasteiger partial charge in [0.15, 0.2) is 0 Å². The minimum atomic E-state index is -4.13. The summed E-state index contributed by atoms with van der Waals surface area (Å²) in [6.07, 6.45) is -3.40. The molecule has 1 saturated heterocycles. The summed E-state index contributed by atoms with van der Waals surface area (Å²) in [5.41, 5.74) is 1.01. The molecule has 0 saturated carbocycles. The molecule has 1 atom stereocenters. The van der Waals surface area contributed by atoms with Gasteiger partial charge in [0, 0.05) is 13.1 Å². The minimum absolute atomic E-state index is 0.0180. The third kappa shape index (κ3) is 3.72. The van der Waals surface area contributed by atoms with E-state index in [1.807, 2.05) is 0 Å². The summed E-state index contributed by atoms with van der Waals surface area (Å²) in [6, 6.07) is 6.26. The number of alkyl halides is 3. The molecular weight excluding hydrogens is 271 g/mol. The first-order valence-electron chi connectivity index (χ1n) is 6.47. The van der Waals surface area contributed by atoms with Crippen LogP contribution in [0.15, 0.2) is 24.3 Å². The highest BCUT2D eigenvalue weighted by atomic mass is 19.4. The maximum Gasteiger partial charge on any atom is 0.393 e. The molecule has 0 aromatic heterocycles. The molecule has 1 aromatic carbocycles. The summed E-state index contributed by atoms with van der Waals surface area (Å²) in [5.74, 6) is -2.26. The second kappa shape index (κ2) is 5.83. The van der Waals surface area contributed by atoms with E-state index in [0.717, 1.165) is 5.56 Å². The normalized spacial score (nSPS) is 20.9. The number of likely N-dealkylation sites (tertiary alicyclic amines) is 1. The highest BCUT2D eigenvalue weighted by molar-refractivity contribution is 5.87. The molecule has 2 rings (SSSR count). The zero-order valence-electron chi connectivity index (χ0n) is 10.9. The number of aromatic carboxylic acids is 1. The van der Waals surface area contributed by atoms with Crippen molar-refractivity contribution in [1.82, 2.24) is 4.90 Å². The lowest BCUT2D eigenvalue weighted by Gasteiger charge is -2.33. The molecule has 3 nitrogen and oxygen atoms in total. The van der Waals surface area contributed by atoms with E-state index in [2.05, 4.69) is 0 Å². The van der Waals surface area contributed by atoms with Crippen molar-refractivity contribution in [2.24, 2.45) is 5.92 Å². The number of carbonyl (C=O) groups is 1. The molecule has 1 unspecified atom stereocenters. The van der Waals surface area contributed by atoms with Gasteiger partial charge in [-0.1, -0.05) is 12.1 Å². The topological polar surface area (TPSA) is 40.5 Å². The number of rotatable bonds is 3. The van der Waals surface area contributed by atoms with Crippen LogP contribution in [0.25, 0.3) is 0 Å². The van der Waals surface area contributed by atoms with Crippen molar-refractivity contribution in [1.29, 1.82) is 0 Å². The molecule has 0 radical (unpaired) electrons. The fourth-order valence-electron chi connectivity index (χ4n) is 2.48. The zero-order chi connectivity index (χ0) is 14.8. The van der Waals surface area contributed by atoms with Gasteiger partial charge in [0.2, 0.25) is 0 Å². The van der Waals surface area contributed by atoms with Gasteiger partial charge in [-0.2, -0.15) is 13.2 Å². The summed E-state index contributed by atoms with van der Waals surface area (Å²) in [6.45, 7) is 1.09. The molecule has 0 aliphatic carbocycles. The lowest BCUT2D eigenvalue weighted by Crippen LogP contribution is -2.41. The lowest BCUT2D eigenvalue weighted by molar-refractivity contribution is -0.187. The number of hydrogen-bond acceptors (Lipinski definition) is 2. The van der Waals surface area contributed by atoms with E-state index >= 15 is 0 Å². The Morgan fingerprint density at radius 1 is 1.30 bits per heavy atom. The van der Waals surface area contributed by atoms with Crippen LogP contribution >= 0.6 is 0 Å². The quantitative estimate of drug-likeness (QED) is 0.928. The molecule has 1 aliphatic rings. The molecule has 6 heteroatoms. The summed E-state index contributed by atoms with van der Waals surface area (Å²) in [7, 11) is 0. The van der Waals surface area contributed by atoms with Gasteiger partial charge in [-0.15, -0.1) is 0 Å². The smallest absolute Gasteiger partial charge is 0.393 e. The summed E-state index contributed by atoms with van der Waals surface area (Å²) in [4.78, 5) is 12.5. The first-order chi connectivity index (χ1) is 9.36. The van der Waals surface area contributed by atoms with Crippen LogP contribution in [0.1, 0.15) is 28.8 Å². The number of hydrogen-bond donors (Lipinski definition) is 1. The Balaban J connectivity index is 1.97. The summed E-state index contributed by atoms with van der Waals surface area (Å²) < 4.78 is 38.1. The van der Waals surface area contributed by atoms with E-state index in [1.54, 1.807) is 17.0 Å². The fourth-order valence-corrected chi connectivity index (χ4v) is 2.48. The highest BCUT2D eigenvalue weighted by Crippen LogP contribution is 2.33. The van der Waals surface area contributed by atoms with E-state index in [0.29, 0.717) is 19.5 Å². The van der Waals surface area contributed by atoms with Gasteiger partial charge in [0.25, 0.3) is 0 Å². The van der Waals surface area contributed by atoms with E-state index < -0.39 is 18.1 Å². The number of carboxylic acid groups (broad SMARTS) is 1. The molecule has 110 valence electrons. The molecule has 0 amide bonds. The van der Waals surface area contributed by atoms with E-state index in [9.17, 15) is 18.0 Å². The van der Waals surface area contributed by atoms with E-state index in [1.165, 1.54) is 12.1 Å². The predicted octanol–water partition coefficient (Wildman–Crippen LogP) is 3.16. The van der Waals surface area contributed by atoms with Crippen molar-refractivity contribution in [3.8, 4) is 0 Å². The Morgan fingerprint density at radius 3 is 2.50 bits per heavy atom. The molecule has 1 aliphatic heterocycles. The summed E-state index contributed by atoms with van der Waals surface area (Å²) >= 11 is 0. The minimum Gasteiger partial charge on any atom is -0.478 e. The van der Waals surface area contributed by atoms with Crippen molar-refractivity contribution >= 4 is 5.97 Å². The Hall–Kier alpha value is -1.56. The SMILES string of the molecule is O=C(O)c1ccc(CN2CCCC(C(F)(F)F)C2)cc1. The predicted molar refractivity (Wildman–Crippen MR) is 67.5 cm³/mol. The van der Waals surface area contributed by atoms with Gasteiger partial charge < -0.3 is 5.11 Å². The average molecular weight is 287 g/mol. The number of carboxylic acids is 1. The van der Waals surface area contributed by atoms with Gasteiger partial charge in [-0.3, -0.25) is 4.90 Å². The van der Waals surface area contributed by atoms with Crippen LogP contribution in [-0.4, -0.2) is 35.2 Å². The van der Waals surface area contributed by atoms with Gasteiger partial charge in [-0.05, 0) is 37.1 Å². The molecule has 0 spiro atoms. The Kier molecular flexibility index (Phi) is 4.32. The molecule has 20 heavy (non-hydrogen) atoms. The van der Waals surface area contributed by atoms with Crippen LogP contribution in [0, 0.1) is 5.92 Å². The molecule has 1 N–H and O–H groups in total. The zero-order valence-corrected chi connectivity index (χ0v) is 10.9. The number of halogens is 3. The second-order valence-corrected chi connectivity index (χ2v) is 5.12. The maximum absolute atomic E-state index is 12.7. The molecule has 1 heterocycles. The van der Waals surface area contributed by atoms with Crippen LogP contribution in [0.2, 0.25) is 0 Å². The van der Waals surface area contributed by atoms with Crippen LogP contribution in [0.4, 0.5) is 13.2 Å². The first kappa shape index (κ1) is 14.8. The third-order valence-corrected chi connectivity index (χ3v) is 3.58. The standard InChI is InChI=1S/C14H16F3NO2/c15-14(16,17)12-2-1-7-18(9-12)8-10-3-5-11(6-4-10)13(19)20/h3-6,12H,1-2,7-9H2,(H,19,20). The Bertz CT molecular complexity index is 470. The van der Waals surface area contributed by atoms with Crippen LogP contribution < -0.4 is 0 Å². The van der Waals surface area contributed by atoms with Crippen molar-refractivity contribution in [3.63, 3.8) is 0 Å². The van der Waals surface area contributed by atoms with Crippen LogP contribution in [-0.2, 0) is 6.54 Å². The molecule has 1 aromatic rings. The molecule has 0 bridgehead atoms. The largest absolute Gasteiger partial charge is 0.478 e. The number of benzene rings is 1. The number of nitrogens with zero attached hydrogens (tertiary/aromatic N) is 1. The molecular formula is C14H16F3NO2.